The van der Waals surface area contributed by atoms with Crippen molar-refractivity contribution in [3.8, 4) is 6.01 Å². The van der Waals surface area contributed by atoms with Crippen molar-refractivity contribution in [3.05, 3.63) is 0 Å². The molecule has 2 aliphatic rings. The number of nitrogens with one attached hydrogen (secondary N) is 1. The maximum atomic E-state index is 5.65. The number of aromatic nitrogens is 3. The van der Waals surface area contributed by atoms with Crippen molar-refractivity contribution in [2.75, 3.05) is 30.0 Å². The molecular weight excluding hydrogens is 256 g/mol. The Bertz CT molecular complexity index is 444. The lowest BCUT2D eigenvalue weighted by Crippen LogP contribution is -2.31. The fourth-order valence-corrected chi connectivity index (χ4v) is 2.43. The lowest BCUT2D eigenvalue weighted by atomic mass is 10.1. The van der Waals surface area contributed by atoms with E-state index in [9.17, 15) is 0 Å². The number of anilines is 2. The predicted octanol–water partition coefficient (Wildman–Crippen LogP) is 1.33. The van der Waals surface area contributed by atoms with E-state index in [0.29, 0.717) is 24.5 Å². The molecule has 0 amide bonds. The van der Waals surface area contributed by atoms with Crippen molar-refractivity contribution in [3.63, 3.8) is 0 Å². The first kappa shape index (κ1) is 13.4. The monoisotopic (exact) mass is 278 g/mol. The lowest BCUT2D eigenvalue weighted by molar-refractivity contribution is 0.279. The van der Waals surface area contributed by atoms with Crippen LogP contribution >= 0.6 is 0 Å². The Morgan fingerprint density at radius 2 is 1.95 bits per heavy atom. The molecule has 0 aromatic carbocycles. The second kappa shape index (κ2) is 6.21. The van der Waals surface area contributed by atoms with Gasteiger partial charge >= 0.3 is 6.01 Å². The largest absolute Gasteiger partial charge is 0.463 e. The van der Waals surface area contributed by atoms with Crippen LogP contribution in [0, 0.1) is 5.92 Å². The molecule has 2 heterocycles. The molecule has 0 unspecified atom stereocenters. The number of nitrogens with zero attached hydrogens (tertiary/aromatic N) is 4. The number of hydrogen-bond donors (Lipinski definition) is 2. The molecule has 7 nitrogen and oxygen atoms in total. The summed E-state index contributed by atoms with van der Waals surface area (Å²) >= 11 is 0. The Kier molecular flexibility index (Phi) is 4.15. The molecule has 2 fully saturated rings. The number of nitrogen functional groups attached to an aromatic ring is 1. The number of hydrogen-bond acceptors (Lipinski definition) is 7. The van der Waals surface area contributed by atoms with Crippen LogP contribution in [-0.4, -0.2) is 34.6 Å². The Morgan fingerprint density at radius 1 is 1.15 bits per heavy atom. The Labute approximate surface area is 118 Å². The zero-order valence-corrected chi connectivity index (χ0v) is 11.7. The molecule has 110 valence electrons. The normalized spacial score (nSPS) is 18.9. The average Bonchev–Trinajstić information content (AvgIpc) is 3.32. The summed E-state index contributed by atoms with van der Waals surface area (Å²) in [6.45, 7) is 2.63. The zero-order chi connectivity index (χ0) is 13.8. The third-order valence-corrected chi connectivity index (χ3v) is 3.83. The molecule has 1 saturated carbocycles. The number of ether oxygens (including phenoxy) is 1. The standard InChI is InChI=1S/C13H22N6O/c14-18-11-15-12(19-7-2-1-3-8-19)17-13(16-11)20-9-6-10-4-5-10/h10H,1-9,14H2,(H,15,16,17,18). The topological polar surface area (TPSA) is 89.2 Å². The van der Waals surface area contributed by atoms with Gasteiger partial charge in [0.05, 0.1) is 6.61 Å². The minimum atomic E-state index is 0.363. The number of nitrogens with two attached hydrogens (primary N) is 1. The van der Waals surface area contributed by atoms with Crippen LogP contribution in [0.5, 0.6) is 6.01 Å². The van der Waals surface area contributed by atoms with Gasteiger partial charge in [0.2, 0.25) is 11.9 Å². The summed E-state index contributed by atoms with van der Waals surface area (Å²) in [5.41, 5.74) is 2.49. The van der Waals surface area contributed by atoms with E-state index in [1.54, 1.807) is 0 Å². The second-order valence-corrected chi connectivity index (χ2v) is 5.51. The van der Waals surface area contributed by atoms with Crippen molar-refractivity contribution in [2.45, 2.75) is 38.5 Å². The maximum Gasteiger partial charge on any atom is 0.323 e. The van der Waals surface area contributed by atoms with E-state index < -0.39 is 0 Å². The fourth-order valence-electron chi connectivity index (χ4n) is 2.43. The quantitative estimate of drug-likeness (QED) is 0.599. The third kappa shape index (κ3) is 3.47. The van der Waals surface area contributed by atoms with E-state index in [0.717, 1.165) is 25.4 Å². The summed E-state index contributed by atoms with van der Waals surface area (Å²) in [6, 6.07) is 0.370. The van der Waals surface area contributed by atoms with Gasteiger partial charge in [-0.1, -0.05) is 12.8 Å². The highest BCUT2D eigenvalue weighted by atomic mass is 16.5. The molecule has 3 N–H and O–H groups in total. The summed E-state index contributed by atoms with van der Waals surface area (Å²) in [5, 5.41) is 0. The van der Waals surface area contributed by atoms with Gasteiger partial charge in [-0.15, -0.1) is 0 Å². The van der Waals surface area contributed by atoms with E-state index in [4.69, 9.17) is 10.6 Å². The first-order chi connectivity index (χ1) is 9.85. The average molecular weight is 278 g/mol. The smallest absolute Gasteiger partial charge is 0.323 e. The molecular formula is C13H22N6O. The van der Waals surface area contributed by atoms with Crippen molar-refractivity contribution in [1.29, 1.82) is 0 Å². The first-order valence-corrected chi connectivity index (χ1v) is 7.45. The molecule has 0 bridgehead atoms. The Morgan fingerprint density at radius 3 is 2.65 bits per heavy atom. The summed E-state index contributed by atoms with van der Waals surface area (Å²) in [7, 11) is 0. The first-order valence-electron chi connectivity index (χ1n) is 7.45. The summed E-state index contributed by atoms with van der Waals surface area (Å²) in [4.78, 5) is 15.1. The summed E-state index contributed by atoms with van der Waals surface area (Å²) in [5.74, 6) is 7.29. The molecule has 0 spiro atoms. The molecule has 7 heteroatoms. The molecule has 1 aromatic heterocycles. The van der Waals surface area contributed by atoms with Gasteiger partial charge in [-0.25, -0.2) is 5.84 Å². The maximum absolute atomic E-state index is 5.65. The van der Waals surface area contributed by atoms with Crippen LogP contribution in [0.2, 0.25) is 0 Å². The third-order valence-electron chi connectivity index (χ3n) is 3.83. The lowest BCUT2D eigenvalue weighted by Gasteiger charge is -2.26. The van der Waals surface area contributed by atoms with Crippen LogP contribution in [0.15, 0.2) is 0 Å². The van der Waals surface area contributed by atoms with Crippen LogP contribution in [-0.2, 0) is 0 Å². The fraction of sp³-hybridized carbons (Fsp3) is 0.769. The van der Waals surface area contributed by atoms with Gasteiger partial charge in [0.25, 0.3) is 0 Å². The van der Waals surface area contributed by atoms with Gasteiger partial charge in [0.15, 0.2) is 0 Å². The number of piperidine rings is 1. The van der Waals surface area contributed by atoms with Crippen molar-refractivity contribution < 1.29 is 4.74 Å². The van der Waals surface area contributed by atoms with Crippen LogP contribution in [0.3, 0.4) is 0 Å². The molecule has 20 heavy (non-hydrogen) atoms. The van der Waals surface area contributed by atoms with Crippen molar-refractivity contribution in [2.24, 2.45) is 11.8 Å². The van der Waals surface area contributed by atoms with Crippen LogP contribution in [0.25, 0.3) is 0 Å². The molecule has 0 radical (unpaired) electrons. The highest BCUT2D eigenvalue weighted by Crippen LogP contribution is 2.32. The van der Waals surface area contributed by atoms with Crippen LogP contribution in [0.4, 0.5) is 11.9 Å². The summed E-state index contributed by atoms with van der Waals surface area (Å²) < 4.78 is 5.65. The van der Waals surface area contributed by atoms with E-state index >= 15 is 0 Å². The highest BCUT2D eigenvalue weighted by Gasteiger charge is 2.21. The van der Waals surface area contributed by atoms with Gasteiger partial charge in [-0.3, -0.25) is 5.43 Å². The minimum Gasteiger partial charge on any atom is -0.463 e. The SMILES string of the molecule is NNc1nc(OCCC2CC2)nc(N2CCCCC2)n1. The molecule has 1 aliphatic carbocycles. The van der Waals surface area contributed by atoms with Crippen LogP contribution in [0.1, 0.15) is 38.5 Å². The van der Waals surface area contributed by atoms with Crippen molar-refractivity contribution >= 4 is 11.9 Å². The second-order valence-electron chi connectivity index (χ2n) is 5.51. The van der Waals surface area contributed by atoms with Crippen molar-refractivity contribution in [1.82, 2.24) is 15.0 Å². The molecule has 1 aliphatic heterocycles. The van der Waals surface area contributed by atoms with Gasteiger partial charge in [0, 0.05) is 13.1 Å². The summed E-state index contributed by atoms with van der Waals surface area (Å²) in [6.07, 6.45) is 7.36. The molecule has 3 rings (SSSR count). The van der Waals surface area contributed by atoms with Gasteiger partial charge in [0.1, 0.15) is 0 Å². The number of rotatable bonds is 6. The van der Waals surface area contributed by atoms with E-state index in [2.05, 4.69) is 25.3 Å². The zero-order valence-electron chi connectivity index (χ0n) is 11.7. The Balaban J connectivity index is 1.67. The number of hydrazine groups is 1. The highest BCUT2D eigenvalue weighted by molar-refractivity contribution is 5.37. The van der Waals surface area contributed by atoms with Gasteiger partial charge < -0.3 is 9.64 Å². The van der Waals surface area contributed by atoms with Crippen LogP contribution < -0.4 is 20.9 Å². The van der Waals surface area contributed by atoms with E-state index in [1.165, 1.54) is 32.1 Å². The Hall–Kier alpha value is -1.63. The van der Waals surface area contributed by atoms with E-state index in [1.807, 2.05) is 0 Å². The van der Waals surface area contributed by atoms with E-state index in [-0.39, 0.29) is 0 Å². The minimum absolute atomic E-state index is 0.363. The van der Waals surface area contributed by atoms with Gasteiger partial charge in [-0.05, 0) is 31.6 Å². The molecule has 1 saturated heterocycles. The van der Waals surface area contributed by atoms with Gasteiger partial charge in [-0.2, -0.15) is 15.0 Å². The molecule has 1 aromatic rings. The predicted molar refractivity (Wildman–Crippen MR) is 76.5 cm³/mol. The molecule has 0 atom stereocenters.